The molecule has 0 atom stereocenters. The number of carbonyl (C=O) groups excluding carboxylic acids is 1. The third-order valence-corrected chi connectivity index (χ3v) is 7.07. The fourth-order valence-electron chi connectivity index (χ4n) is 4.27. The van der Waals surface area contributed by atoms with E-state index < -0.39 is 12.7 Å². The number of carbonyl (C=O) groups is 1. The number of aromatic nitrogens is 2. The zero-order chi connectivity index (χ0) is 24.2. The smallest absolute Gasteiger partial charge is 0.444 e. The number of ether oxygens (including phenoxy) is 1. The molecule has 0 aromatic carbocycles. The van der Waals surface area contributed by atoms with E-state index in [0.29, 0.717) is 0 Å². The highest BCUT2D eigenvalue weighted by Crippen LogP contribution is 2.37. The van der Waals surface area contributed by atoms with E-state index >= 15 is 0 Å². The SMILES string of the molecule is CC1(NC(=O)OC(C)(C)C)CCN(c2ccc3c(B4OC(C)(C)C(C)(C)O4)cnn3c2)CC1. The largest absolute Gasteiger partial charge is 0.498 e. The van der Waals surface area contributed by atoms with Crippen molar-refractivity contribution < 1.29 is 18.8 Å². The maximum absolute atomic E-state index is 12.2. The van der Waals surface area contributed by atoms with Gasteiger partial charge in [0, 0.05) is 30.3 Å². The molecule has 8 nitrogen and oxygen atoms in total. The molecule has 2 aliphatic rings. The van der Waals surface area contributed by atoms with Crippen LogP contribution >= 0.6 is 0 Å². The van der Waals surface area contributed by atoms with Crippen LogP contribution in [-0.4, -0.2) is 58.3 Å². The fraction of sp³-hybridized carbons (Fsp3) is 0.667. The van der Waals surface area contributed by atoms with Crippen molar-refractivity contribution in [1.29, 1.82) is 0 Å². The zero-order valence-corrected chi connectivity index (χ0v) is 21.2. The Morgan fingerprint density at radius 1 is 1.09 bits per heavy atom. The van der Waals surface area contributed by atoms with E-state index in [-0.39, 0.29) is 22.8 Å². The van der Waals surface area contributed by atoms with Crippen LogP contribution in [0.25, 0.3) is 5.52 Å². The number of hydrogen-bond donors (Lipinski definition) is 1. The molecule has 0 radical (unpaired) electrons. The highest BCUT2D eigenvalue weighted by atomic mass is 16.7. The molecule has 2 aromatic heterocycles. The number of nitrogens with one attached hydrogen (secondary N) is 1. The average molecular weight is 456 g/mol. The third kappa shape index (κ3) is 4.85. The first kappa shape index (κ1) is 23.9. The number of hydrogen-bond acceptors (Lipinski definition) is 6. The van der Waals surface area contributed by atoms with Crippen LogP contribution in [0, 0.1) is 0 Å². The highest BCUT2D eigenvalue weighted by molar-refractivity contribution is 6.64. The Bertz CT molecular complexity index is 1020. The van der Waals surface area contributed by atoms with Crippen LogP contribution < -0.4 is 15.7 Å². The maximum Gasteiger partial charge on any atom is 0.498 e. The molecule has 2 aromatic rings. The number of anilines is 1. The van der Waals surface area contributed by atoms with E-state index in [1.54, 1.807) is 0 Å². The van der Waals surface area contributed by atoms with Gasteiger partial charge in [0.05, 0.1) is 28.6 Å². The number of piperidine rings is 1. The van der Waals surface area contributed by atoms with Crippen LogP contribution in [0.5, 0.6) is 0 Å². The van der Waals surface area contributed by atoms with Gasteiger partial charge in [0.1, 0.15) is 5.60 Å². The molecule has 0 spiro atoms. The summed E-state index contributed by atoms with van der Waals surface area (Å²) in [5, 5.41) is 7.64. The molecule has 0 unspecified atom stereocenters. The van der Waals surface area contributed by atoms with Crippen molar-refractivity contribution in [1.82, 2.24) is 14.9 Å². The normalized spacial score (nSPS) is 21.9. The molecule has 9 heteroatoms. The first-order chi connectivity index (χ1) is 15.2. The van der Waals surface area contributed by atoms with Crippen LogP contribution in [0.2, 0.25) is 0 Å². The van der Waals surface area contributed by atoms with Gasteiger partial charge in [0.2, 0.25) is 0 Å². The van der Waals surface area contributed by atoms with Crippen molar-refractivity contribution in [3.63, 3.8) is 0 Å². The second kappa shape index (κ2) is 7.91. The minimum atomic E-state index is -0.501. The Hall–Kier alpha value is -2.26. The van der Waals surface area contributed by atoms with Gasteiger partial charge in [-0.3, -0.25) is 0 Å². The van der Waals surface area contributed by atoms with E-state index in [9.17, 15) is 4.79 Å². The van der Waals surface area contributed by atoms with E-state index in [4.69, 9.17) is 14.0 Å². The topological polar surface area (TPSA) is 77.3 Å². The minimum Gasteiger partial charge on any atom is -0.444 e. The molecule has 2 aliphatic heterocycles. The van der Waals surface area contributed by atoms with Gasteiger partial charge >= 0.3 is 13.2 Å². The average Bonchev–Trinajstić information content (AvgIpc) is 3.17. The number of nitrogens with zero attached hydrogens (tertiary/aromatic N) is 3. The Balaban J connectivity index is 1.43. The van der Waals surface area contributed by atoms with Gasteiger partial charge in [-0.25, -0.2) is 9.31 Å². The van der Waals surface area contributed by atoms with Crippen molar-refractivity contribution in [2.45, 2.75) is 90.6 Å². The first-order valence-corrected chi connectivity index (χ1v) is 11.8. The lowest BCUT2D eigenvalue weighted by Crippen LogP contribution is -2.54. The molecule has 0 saturated carbocycles. The summed E-state index contributed by atoms with van der Waals surface area (Å²) in [6, 6.07) is 4.20. The Kier molecular flexibility index (Phi) is 5.73. The number of amides is 1. The number of alkyl carbamates (subject to hydrolysis) is 1. The summed E-state index contributed by atoms with van der Waals surface area (Å²) in [7, 11) is -0.437. The molecule has 4 rings (SSSR count). The van der Waals surface area contributed by atoms with Gasteiger partial charge in [0.25, 0.3) is 0 Å². The van der Waals surface area contributed by atoms with Gasteiger partial charge < -0.3 is 24.3 Å². The third-order valence-electron chi connectivity index (χ3n) is 7.07. The highest BCUT2D eigenvalue weighted by Gasteiger charge is 2.52. The van der Waals surface area contributed by atoms with Gasteiger partial charge in [-0.2, -0.15) is 5.10 Å². The molecule has 1 amide bonds. The molecule has 33 heavy (non-hydrogen) atoms. The lowest BCUT2D eigenvalue weighted by atomic mass is 9.80. The summed E-state index contributed by atoms with van der Waals surface area (Å²) in [5.74, 6) is 0. The maximum atomic E-state index is 12.2. The molecular weight excluding hydrogens is 419 g/mol. The van der Waals surface area contributed by atoms with Crippen molar-refractivity contribution in [2.24, 2.45) is 0 Å². The molecule has 180 valence electrons. The monoisotopic (exact) mass is 456 g/mol. The minimum absolute atomic E-state index is 0.279. The molecule has 0 bridgehead atoms. The van der Waals surface area contributed by atoms with Crippen molar-refractivity contribution in [3.05, 3.63) is 24.5 Å². The molecule has 1 N–H and O–H groups in total. The van der Waals surface area contributed by atoms with E-state index in [2.05, 4.69) is 62.1 Å². The summed E-state index contributed by atoms with van der Waals surface area (Å²) in [6.45, 7) is 17.6. The lowest BCUT2D eigenvalue weighted by molar-refractivity contribution is 0.00578. The van der Waals surface area contributed by atoms with Crippen LogP contribution in [-0.2, 0) is 14.0 Å². The molecular formula is C24H37BN4O4. The second-order valence-electron chi connectivity index (χ2n) is 11.6. The second-order valence-corrected chi connectivity index (χ2v) is 11.6. The van der Waals surface area contributed by atoms with Crippen molar-refractivity contribution in [2.75, 3.05) is 18.0 Å². The van der Waals surface area contributed by atoms with Crippen LogP contribution in [0.4, 0.5) is 10.5 Å². The lowest BCUT2D eigenvalue weighted by Gasteiger charge is -2.41. The zero-order valence-electron chi connectivity index (χ0n) is 21.2. The van der Waals surface area contributed by atoms with E-state index in [1.807, 2.05) is 37.7 Å². The van der Waals surface area contributed by atoms with Crippen LogP contribution in [0.3, 0.4) is 0 Å². The fourth-order valence-corrected chi connectivity index (χ4v) is 4.27. The van der Waals surface area contributed by atoms with E-state index in [0.717, 1.165) is 42.6 Å². The van der Waals surface area contributed by atoms with Gasteiger partial charge in [-0.05, 0) is 80.4 Å². The number of pyridine rings is 1. The van der Waals surface area contributed by atoms with Crippen molar-refractivity contribution >= 4 is 29.9 Å². The Labute approximate surface area is 197 Å². The summed E-state index contributed by atoms with van der Waals surface area (Å²) in [5.41, 5.74) is 1.46. The quantitative estimate of drug-likeness (QED) is 0.713. The molecule has 2 fully saturated rings. The Morgan fingerprint density at radius 2 is 1.70 bits per heavy atom. The predicted molar refractivity (Wildman–Crippen MR) is 130 cm³/mol. The number of rotatable bonds is 3. The van der Waals surface area contributed by atoms with Gasteiger partial charge in [-0.15, -0.1) is 0 Å². The summed E-state index contributed by atoms with van der Waals surface area (Å²) < 4.78 is 19.8. The molecule has 4 heterocycles. The number of fused-ring (bicyclic) bond motifs is 1. The summed E-state index contributed by atoms with van der Waals surface area (Å²) in [6.07, 6.45) is 5.20. The van der Waals surface area contributed by atoms with Crippen LogP contribution in [0.15, 0.2) is 24.5 Å². The predicted octanol–water partition coefficient (Wildman–Crippen LogP) is 3.52. The molecule has 0 aliphatic carbocycles. The molecule has 2 saturated heterocycles. The summed E-state index contributed by atoms with van der Waals surface area (Å²) >= 11 is 0. The Morgan fingerprint density at radius 3 is 2.27 bits per heavy atom. The standard InChI is InChI=1S/C24H37BN4O4/c1-21(2,3)31-20(30)27-24(8)11-13-28(14-12-24)17-9-10-19-18(15-26-29(19)16-17)25-32-22(4,5)23(6,7)33-25/h9-10,15-16H,11-14H2,1-8H3,(H,27,30). The van der Waals surface area contributed by atoms with Gasteiger partial charge in [-0.1, -0.05) is 0 Å². The van der Waals surface area contributed by atoms with Crippen molar-refractivity contribution in [3.8, 4) is 0 Å². The van der Waals surface area contributed by atoms with E-state index in [1.165, 1.54) is 0 Å². The van der Waals surface area contributed by atoms with Gasteiger partial charge in [0.15, 0.2) is 0 Å². The summed E-state index contributed by atoms with van der Waals surface area (Å²) in [4.78, 5) is 14.6. The van der Waals surface area contributed by atoms with Crippen LogP contribution in [0.1, 0.15) is 68.2 Å². The first-order valence-electron chi connectivity index (χ1n) is 11.8.